The lowest BCUT2D eigenvalue weighted by Gasteiger charge is -2.08. The summed E-state index contributed by atoms with van der Waals surface area (Å²) in [7, 11) is -1.75. The van der Waals surface area contributed by atoms with E-state index in [1.165, 1.54) is 0 Å². The van der Waals surface area contributed by atoms with E-state index in [2.05, 4.69) is 15.2 Å². The fourth-order valence-corrected chi connectivity index (χ4v) is 6.20. The molecule has 0 N–H and O–H groups in total. The number of hydrogen-bond acceptors (Lipinski definition) is 6. The first-order chi connectivity index (χ1) is 14.6. The molecule has 3 aromatic heterocycles. The van der Waals surface area contributed by atoms with E-state index in [-0.39, 0.29) is 4.21 Å². The van der Waals surface area contributed by atoms with Gasteiger partial charge in [-0.15, -0.1) is 0 Å². The molecule has 3 heterocycles. The minimum Gasteiger partial charge on any atom is -0.275 e. The molecule has 0 unspecified atom stereocenters. The molecule has 4 aromatic rings. The second kappa shape index (κ2) is 8.05. The molecule has 31 heavy (non-hydrogen) atoms. The Morgan fingerprint density at radius 1 is 1.10 bits per heavy atom. The van der Waals surface area contributed by atoms with Gasteiger partial charge in [-0.05, 0) is 32.9 Å². The summed E-state index contributed by atoms with van der Waals surface area (Å²) in [5.74, 6) is 0. The minimum absolute atomic E-state index is 0.173. The zero-order valence-electron chi connectivity index (χ0n) is 17.2. The van der Waals surface area contributed by atoms with Crippen molar-refractivity contribution in [3.05, 3.63) is 52.5 Å². The molecule has 7 nitrogen and oxygen atoms in total. The van der Waals surface area contributed by atoms with Gasteiger partial charge in [-0.3, -0.25) is 4.68 Å². The van der Waals surface area contributed by atoms with Crippen LogP contribution in [0.15, 0.2) is 41.0 Å². The minimum atomic E-state index is -3.59. The van der Waals surface area contributed by atoms with Crippen molar-refractivity contribution in [2.45, 2.75) is 30.2 Å². The number of hydrogen-bond donors (Lipinski definition) is 0. The highest BCUT2D eigenvalue weighted by atomic mass is 35.5. The Morgan fingerprint density at radius 2 is 1.84 bits per heavy atom. The highest BCUT2D eigenvalue weighted by Crippen LogP contribution is 2.38. The molecule has 162 valence electrons. The van der Waals surface area contributed by atoms with Crippen LogP contribution in [0.4, 0.5) is 0 Å². The van der Waals surface area contributed by atoms with Gasteiger partial charge in [-0.2, -0.15) is 10.2 Å². The third-order valence-electron chi connectivity index (χ3n) is 4.77. The number of thiazole rings is 1. The Kier molecular flexibility index (Phi) is 5.72. The van der Waals surface area contributed by atoms with Gasteiger partial charge in [0.05, 0.1) is 27.2 Å². The molecule has 0 aliphatic heterocycles. The molecule has 11 heteroatoms. The van der Waals surface area contributed by atoms with E-state index in [1.54, 1.807) is 47.6 Å². The molecule has 0 bridgehead atoms. The Morgan fingerprint density at radius 3 is 2.45 bits per heavy atom. The largest absolute Gasteiger partial charge is 0.275 e. The molecule has 4 rings (SSSR count). The lowest BCUT2D eigenvalue weighted by atomic mass is 10.1. The van der Waals surface area contributed by atoms with E-state index < -0.39 is 15.1 Å². The van der Waals surface area contributed by atoms with Crippen LogP contribution < -0.4 is 0 Å². The molecule has 0 saturated carbocycles. The van der Waals surface area contributed by atoms with Gasteiger partial charge in [0.1, 0.15) is 9.90 Å². The van der Waals surface area contributed by atoms with Crippen LogP contribution in [0.1, 0.15) is 19.5 Å². The van der Waals surface area contributed by atoms with Crippen molar-refractivity contribution >= 4 is 44.4 Å². The molecule has 0 amide bonds. The van der Waals surface area contributed by atoms with Crippen molar-refractivity contribution in [2.24, 2.45) is 7.05 Å². The van der Waals surface area contributed by atoms with Crippen LogP contribution in [0.25, 0.3) is 27.5 Å². The van der Waals surface area contributed by atoms with Crippen LogP contribution >= 0.6 is 34.5 Å². The third-order valence-corrected chi connectivity index (χ3v) is 9.24. The Balaban J connectivity index is 1.89. The fourth-order valence-electron chi connectivity index (χ4n) is 3.03. The summed E-state index contributed by atoms with van der Waals surface area (Å²) in [5, 5.41) is 9.32. The zero-order valence-corrected chi connectivity index (χ0v) is 20.3. The van der Waals surface area contributed by atoms with Crippen LogP contribution in [0, 0.1) is 6.92 Å². The van der Waals surface area contributed by atoms with Gasteiger partial charge in [0.15, 0.2) is 9.84 Å². The first-order valence-electron chi connectivity index (χ1n) is 9.33. The number of nitrogens with zero attached hydrogens (tertiary/aromatic N) is 5. The third kappa shape index (κ3) is 4.03. The van der Waals surface area contributed by atoms with Crippen molar-refractivity contribution in [1.82, 2.24) is 24.5 Å². The summed E-state index contributed by atoms with van der Waals surface area (Å²) in [5.41, 5.74) is 3.51. The van der Waals surface area contributed by atoms with E-state index in [4.69, 9.17) is 23.2 Å². The fraction of sp³-hybridized carbons (Fsp3) is 0.250. The highest BCUT2D eigenvalue weighted by Gasteiger charge is 2.29. The standard InChI is InChI=1S/C20H19Cl2N5O2S2/c1-11(2)31(28,29)19-18(13-5-6-16(21)17(22)7-13)24-20(30-19)27-10-15(12(3)25-27)14-8-23-26(4)9-14/h5-11H,1-4H3. The van der Waals surface area contributed by atoms with Gasteiger partial charge in [-0.1, -0.05) is 40.6 Å². The normalized spacial score (nSPS) is 12.1. The molecule has 0 spiro atoms. The molecule has 0 radical (unpaired) electrons. The quantitative estimate of drug-likeness (QED) is 0.380. The average Bonchev–Trinajstić information content (AvgIpc) is 3.42. The molecule has 0 fully saturated rings. The first kappa shape index (κ1) is 22.0. The molecule has 0 saturated heterocycles. The van der Waals surface area contributed by atoms with Crippen molar-refractivity contribution in [3.8, 4) is 27.5 Å². The van der Waals surface area contributed by atoms with Crippen LogP contribution in [0.3, 0.4) is 0 Å². The van der Waals surface area contributed by atoms with E-state index in [9.17, 15) is 8.42 Å². The van der Waals surface area contributed by atoms with Crippen LogP contribution in [-0.4, -0.2) is 38.2 Å². The zero-order chi connectivity index (χ0) is 22.5. The second-order valence-electron chi connectivity index (χ2n) is 7.33. The molecule has 1 aromatic carbocycles. The van der Waals surface area contributed by atoms with Crippen LogP contribution in [0.2, 0.25) is 10.0 Å². The van der Waals surface area contributed by atoms with E-state index in [1.807, 2.05) is 26.4 Å². The van der Waals surface area contributed by atoms with Crippen LogP contribution in [0.5, 0.6) is 0 Å². The molecule has 0 aliphatic carbocycles. The van der Waals surface area contributed by atoms with E-state index >= 15 is 0 Å². The molecule has 0 aliphatic rings. The molecule has 0 atom stereocenters. The summed E-state index contributed by atoms with van der Waals surface area (Å²) in [6, 6.07) is 4.96. The Labute approximate surface area is 194 Å². The number of aromatic nitrogens is 5. The number of sulfone groups is 1. The lowest BCUT2D eigenvalue weighted by Crippen LogP contribution is -2.13. The van der Waals surface area contributed by atoms with Gasteiger partial charge in [0.25, 0.3) is 0 Å². The van der Waals surface area contributed by atoms with Crippen molar-refractivity contribution < 1.29 is 8.42 Å². The summed E-state index contributed by atoms with van der Waals surface area (Å²) in [6.07, 6.45) is 5.48. The Bertz CT molecular complexity index is 1390. The predicted octanol–water partition coefficient (Wildman–Crippen LogP) is 5.19. The smallest absolute Gasteiger partial charge is 0.212 e. The lowest BCUT2D eigenvalue weighted by molar-refractivity contribution is 0.589. The summed E-state index contributed by atoms with van der Waals surface area (Å²) in [4.78, 5) is 4.64. The first-order valence-corrected chi connectivity index (χ1v) is 12.5. The van der Waals surface area contributed by atoms with E-state index in [0.717, 1.165) is 28.2 Å². The van der Waals surface area contributed by atoms with Crippen molar-refractivity contribution in [3.63, 3.8) is 0 Å². The SMILES string of the molecule is Cc1nn(-c2nc(-c3ccc(Cl)c(Cl)c3)c(S(=O)(=O)C(C)C)s2)cc1-c1cnn(C)c1. The van der Waals surface area contributed by atoms with E-state index in [0.29, 0.717) is 26.4 Å². The number of halogens is 2. The monoisotopic (exact) mass is 495 g/mol. The second-order valence-corrected chi connectivity index (χ2v) is 11.8. The summed E-state index contributed by atoms with van der Waals surface area (Å²) >= 11 is 13.3. The molecular weight excluding hydrogens is 477 g/mol. The number of rotatable bonds is 5. The maximum atomic E-state index is 13.1. The van der Waals surface area contributed by atoms with Gasteiger partial charge in [-0.25, -0.2) is 18.1 Å². The van der Waals surface area contributed by atoms with Gasteiger partial charge < -0.3 is 0 Å². The topological polar surface area (TPSA) is 82.7 Å². The van der Waals surface area contributed by atoms with Gasteiger partial charge >= 0.3 is 0 Å². The van der Waals surface area contributed by atoms with Crippen molar-refractivity contribution in [2.75, 3.05) is 0 Å². The maximum absolute atomic E-state index is 13.1. The maximum Gasteiger partial charge on any atom is 0.212 e. The van der Waals surface area contributed by atoms with Crippen molar-refractivity contribution in [1.29, 1.82) is 0 Å². The predicted molar refractivity (Wildman–Crippen MR) is 124 cm³/mol. The molecular formula is C20H19Cl2N5O2S2. The average molecular weight is 496 g/mol. The summed E-state index contributed by atoms with van der Waals surface area (Å²) < 4.78 is 29.7. The summed E-state index contributed by atoms with van der Waals surface area (Å²) in [6.45, 7) is 5.18. The highest BCUT2D eigenvalue weighted by molar-refractivity contribution is 7.94. The number of aryl methyl sites for hydroxylation is 2. The van der Waals surface area contributed by atoms with Gasteiger partial charge in [0.2, 0.25) is 5.13 Å². The number of benzene rings is 1. The van der Waals surface area contributed by atoms with Crippen LogP contribution in [-0.2, 0) is 16.9 Å². The Hall–Kier alpha value is -2.20. The van der Waals surface area contributed by atoms with Gasteiger partial charge in [0, 0.05) is 36.1 Å².